The van der Waals surface area contributed by atoms with E-state index in [4.69, 9.17) is 14.2 Å². The van der Waals surface area contributed by atoms with Crippen LogP contribution in [-0.2, 0) is 19.1 Å². The molecule has 13 nitrogen and oxygen atoms in total. The average Bonchev–Trinajstić information content (AvgIpc) is 2.67. The molecule has 1 aromatic rings. The van der Waals surface area contributed by atoms with Crippen LogP contribution < -0.4 is 20.7 Å². The first-order chi connectivity index (χ1) is 14.2. The number of hydrogen-bond acceptors (Lipinski definition) is 9. The molecule has 0 saturated carbocycles. The molecule has 0 fully saturated rings. The highest BCUT2D eigenvalue weighted by molar-refractivity contribution is 5.74. The molecule has 0 saturated heterocycles. The highest BCUT2D eigenvalue weighted by atomic mass is 16.7. The Kier molecular flexibility index (Phi) is 10.1. The van der Waals surface area contributed by atoms with Crippen molar-refractivity contribution in [2.24, 2.45) is 0 Å². The van der Waals surface area contributed by atoms with Crippen LogP contribution in [0.1, 0.15) is 13.8 Å². The second-order valence-corrected chi connectivity index (χ2v) is 5.78. The number of hydrogen-bond donors (Lipinski definition) is 3. The molecule has 0 aliphatic heterocycles. The van der Waals surface area contributed by atoms with Crippen molar-refractivity contribution in [1.29, 1.82) is 0 Å². The van der Waals surface area contributed by atoms with Crippen molar-refractivity contribution in [2.45, 2.75) is 20.0 Å². The fourth-order valence-electron chi connectivity index (χ4n) is 1.91. The molecule has 0 aromatic heterocycles. The largest absolute Gasteiger partial charge is 0.513 e. The summed E-state index contributed by atoms with van der Waals surface area (Å²) in [5.41, 5.74) is -0.159. The lowest BCUT2D eigenvalue weighted by atomic mass is 10.3. The lowest BCUT2D eigenvalue weighted by Crippen LogP contribution is -2.43. The van der Waals surface area contributed by atoms with Gasteiger partial charge in [-0.2, -0.15) is 0 Å². The number of benzene rings is 1. The number of nitrogens with one attached hydrogen (secondary N) is 3. The maximum atomic E-state index is 11.8. The molecule has 0 unspecified atom stereocenters. The molecule has 0 radical (unpaired) electrons. The van der Waals surface area contributed by atoms with Crippen molar-refractivity contribution < 1.29 is 38.3 Å². The predicted octanol–water partition coefficient (Wildman–Crippen LogP) is 0.477. The van der Waals surface area contributed by atoms with Gasteiger partial charge >= 0.3 is 12.2 Å². The van der Waals surface area contributed by atoms with Crippen LogP contribution in [0.4, 0.5) is 15.3 Å². The topological polar surface area (TPSA) is 175 Å². The standard InChI is InChI=1S/C17H22N4O9/c1-11(22)19-9-15(10-20-12(2)23)29-16(24)18-7-8-28-17(25)30-14-5-3-13(4-6-14)21(26)27/h3-6,15H,7-10H2,1-2H3,(H,18,24)(H,19,22)(H,20,23). The number of nitro benzene ring substituents is 1. The second-order valence-electron chi connectivity index (χ2n) is 5.78. The number of amides is 3. The Labute approximate surface area is 171 Å². The van der Waals surface area contributed by atoms with Crippen molar-refractivity contribution in [3.05, 3.63) is 34.4 Å². The van der Waals surface area contributed by atoms with E-state index >= 15 is 0 Å². The Morgan fingerprint density at radius 2 is 1.57 bits per heavy atom. The molecule has 164 valence electrons. The number of alkyl carbamates (subject to hydrolysis) is 1. The molecule has 0 aliphatic carbocycles. The van der Waals surface area contributed by atoms with E-state index in [1.54, 1.807) is 0 Å². The van der Waals surface area contributed by atoms with Crippen LogP contribution in [0.2, 0.25) is 0 Å². The van der Waals surface area contributed by atoms with Gasteiger partial charge in [0.15, 0.2) is 0 Å². The van der Waals surface area contributed by atoms with Gasteiger partial charge in [0, 0.05) is 26.0 Å². The summed E-state index contributed by atoms with van der Waals surface area (Å²) in [6.07, 6.45) is -2.71. The van der Waals surface area contributed by atoms with E-state index < -0.39 is 23.3 Å². The molecule has 1 rings (SSSR count). The van der Waals surface area contributed by atoms with Crippen LogP contribution in [0.25, 0.3) is 0 Å². The van der Waals surface area contributed by atoms with E-state index in [2.05, 4.69) is 16.0 Å². The summed E-state index contributed by atoms with van der Waals surface area (Å²) >= 11 is 0. The average molecular weight is 426 g/mol. The highest BCUT2D eigenvalue weighted by Crippen LogP contribution is 2.17. The van der Waals surface area contributed by atoms with Crippen molar-refractivity contribution in [3.8, 4) is 5.75 Å². The van der Waals surface area contributed by atoms with Gasteiger partial charge in [0.25, 0.3) is 5.69 Å². The summed E-state index contributed by atoms with van der Waals surface area (Å²) in [4.78, 5) is 55.2. The Morgan fingerprint density at radius 1 is 1.00 bits per heavy atom. The monoisotopic (exact) mass is 426 g/mol. The van der Waals surface area contributed by atoms with Gasteiger partial charge in [-0.15, -0.1) is 0 Å². The molecule has 0 spiro atoms. The molecule has 0 heterocycles. The minimum absolute atomic E-state index is 0.00109. The van der Waals surface area contributed by atoms with E-state index in [0.717, 1.165) is 0 Å². The number of carbonyl (C=O) groups excluding carboxylic acids is 4. The zero-order valence-electron chi connectivity index (χ0n) is 16.3. The van der Waals surface area contributed by atoms with Gasteiger partial charge in [-0.3, -0.25) is 19.7 Å². The number of rotatable bonds is 10. The maximum absolute atomic E-state index is 11.8. The fourth-order valence-corrected chi connectivity index (χ4v) is 1.91. The lowest BCUT2D eigenvalue weighted by Gasteiger charge is -2.18. The van der Waals surface area contributed by atoms with E-state index in [1.165, 1.54) is 38.1 Å². The van der Waals surface area contributed by atoms with Crippen LogP contribution in [0.5, 0.6) is 5.75 Å². The van der Waals surface area contributed by atoms with Crippen LogP contribution >= 0.6 is 0 Å². The third-order valence-electron chi connectivity index (χ3n) is 3.27. The zero-order valence-corrected chi connectivity index (χ0v) is 16.3. The molecule has 0 aliphatic rings. The van der Waals surface area contributed by atoms with Crippen LogP contribution in [0.15, 0.2) is 24.3 Å². The van der Waals surface area contributed by atoms with Gasteiger partial charge in [0.05, 0.1) is 24.6 Å². The number of non-ortho nitro benzene ring substituents is 1. The summed E-state index contributed by atoms with van der Waals surface area (Å²) in [7, 11) is 0. The van der Waals surface area contributed by atoms with E-state index in [1.807, 2.05) is 0 Å². The predicted molar refractivity (Wildman–Crippen MR) is 101 cm³/mol. The van der Waals surface area contributed by atoms with E-state index in [0.29, 0.717) is 0 Å². The van der Waals surface area contributed by atoms with Crippen LogP contribution in [-0.4, -0.2) is 61.3 Å². The van der Waals surface area contributed by atoms with Crippen molar-refractivity contribution in [1.82, 2.24) is 16.0 Å². The van der Waals surface area contributed by atoms with Crippen molar-refractivity contribution >= 4 is 29.8 Å². The Bertz CT molecular complexity index is 749. The Morgan fingerprint density at radius 3 is 2.07 bits per heavy atom. The van der Waals surface area contributed by atoms with Gasteiger partial charge in [0.1, 0.15) is 18.5 Å². The minimum atomic E-state index is -1.06. The third-order valence-corrected chi connectivity index (χ3v) is 3.27. The van der Waals surface area contributed by atoms with Gasteiger partial charge in [-0.25, -0.2) is 9.59 Å². The molecule has 3 amide bonds. The highest BCUT2D eigenvalue weighted by Gasteiger charge is 2.16. The first kappa shape index (κ1) is 24.1. The molecule has 0 atom stereocenters. The third kappa shape index (κ3) is 10.4. The summed E-state index contributed by atoms with van der Waals surface area (Å²) in [6, 6.07) is 4.80. The number of carbonyl (C=O) groups is 4. The minimum Gasteiger partial charge on any atom is -0.442 e. The molecular weight excluding hydrogens is 404 g/mol. The first-order valence-electron chi connectivity index (χ1n) is 8.69. The molecule has 0 bridgehead atoms. The summed E-state index contributed by atoms with van der Waals surface area (Å²) in [6.45, 7) is 2.26. The quantitative estimate of drug-likeness (QED) is 0.158. The van der Waals surface area contributed by atoms with Crippen LogP contribution in [0, 0.1) is 10.1 Å². The second kappa shape index (κ2) is 12.5. The zero-order chi connectivity index (χ0) is 22.5. The van der Waals surface area contributed by atoms with Crippen molar-refractivity contribution in [2.75, 3.05) is 26.2 Å². The number of nitrogens with zero attached hydrogens (tertiary/aromatic N) is 1. The Balaban J connectivity index is 2.32. The fraction of sp³-hybridized carbons (Fsp3) is 0.412. The van der Waals surface area contributed by atoms with Crippen LogP contribution in [0.3, 0.4) is 0 Å². The van der Waals surface area contributed by atoms with Gasteiger partial charge in [-0.1, -0.05) is 0 Å². The normalized spacial score (nSPS) is 9.97. The summed E-state index contributed by atoms with van der Waals surface area (Å²) in [5, 5.41) is 17.8. The summed E-state index contributed by atoms with van der Waals surface area (Å²) < 4.78 is 14.7. The number of ether oxygens (including phenoxy) is 3. The maximum Gasteiger partial charge on any atom is 0.513 e. The molecule has 1 aromatic carbocycles. The number of nitro groups is 1. The summed E-state index contributed by atoms with van der Waals surface area (Å²) in [5.74, 6) is -0.602. The first-order valence-corrected chi connectivity index (χ1v) is 8.69. The van der Waals surface area contributed by atoms with Gasteiger partial charge < -0.3 is 30.2 Å². The lowest BCUT2D eigenvalue weighted by molar-refractivity contribution is -0.384. The van der Waals surface area contributed by atoms with Crippen molar-refractivity contribution in [3.63, 3.8) is 0 Å². The molecule has 3 N–H and O–H groups in total. The van der Waals surface area contributed by atoms with E-state index in [-0.39, 0.29) is 49.5 Å². The molecule has 30 heavy (non-hydrogen) atoms. The van der Waals surface area contributed by atoms with E-state index in [9.17, 15) is 29.3 Å². The van der Waals surface area contributed by atoms with Gasteiger partial charge in [-0.05, 0) is 12.1 Å². The Hall–Kier alpha value is -3.90. The van der Waals surface area contributed by atoms with Gasteiger partial charge in [0.2, 0.25) is 11.8 Å². The SMILES string of the molecule is CC(=O)NCC(CNC(C)=O)OC(=O)NCCOC(=O)Oc1ccc([N+](=O)[O-])cc1. The molecule has 13 heteroatoms. The molecular formula is C17H22N4O9. The smallest absolute Gasteiger partial charge is 0.442 e.